The Kier molecular flexibility index (Phi) is 32.9. The molecule has 1 atom stereocenters. The predicted octanol–water partition coefficient (Wildman–Crippen LogP) is 17.8. The molecule has 3 aliphatic rings. The zero-order valence-corrected chi connectivity index (χ0v) is 75.6. The Balaban J connectivity index is 0.000000162. The van der Waals surface area contributed by atoms with Gasteiger partial charge in [-0.15, -0.1) is 34.0 Å². The lowest BCUT2D eigenvalue weighted by molar-refractivity contribution is 0.0790. The number of methoxy groups -OCH3 is 6. The van der Waals surface area contributed by atoms with Crippen molar-refractivity contribution in [3.8, 4) is 74.7 Å². The van der Waals surface area contributed by atoms with E-state index in [1.807, 2.05) is 158 Å². The number of amides is 3. The number of ether oxygens (including phenoxy) is 13. The van der Waals surface area contributed by atoms with Crippen molar-refractivity contribution in [2.75, 3.05) is 83.2 Å². The van der Waals surface area contributed by atoms with Gasteiger partial charge in [-0.05, 0) is 162 Å². The normalized spacial score (nSPS) is 12.2. The van der Waals surface area contributed by atoms with Crippen molar-refractivity contribution < 1.29 is 76.0 Å². The van der Waals surface area contributed by atoms with Gasteiger partial charge in [0.25, 0.3) is 17.7 Å². The molecule has 3 aromatic heterocycles. The summed E-state index contributed by atoms with van der Waals surface area (Å²) in [7, 11) is 11.8. The number of fused-ring (bicyclic) bond motifs is 3. The van der Waals surface area contributed by atoms with Crippen molar-refractivity contribution in [2.24, 2.45) is 0 Å². The monoisotopic (exact) mass is 1760 g/mol. The van der Waals surface area contributed by atoms with Gasteiger partial charge in [-0.2, -0.15) is 0 Å². The first-order chi connectivity index (χ1) is 61.4. The minimum absolute atomic E-state index is 0.0937. The fraction of sp³-hybridized carbons (Fsp3) is 0.327. The number of aryl methyl sites for hydroxylation is 2. The molecule has 126 heavy (non-hydrogen) atoms. The Hall–Kier alpha value is -12.4. The van der Waals surface area contributed by atoms with Crippen LogP contribution in [0.25, 0.3) is 0 Å². The topological polar surface area (TPSA) is 247 Å². The molecule has 12 aromatic rings. The van der Waals surface area contributed by atoms with E-state index in [-0.39, 0.29) is 44.1 Å². The van der Waals surface area contributed by atoms with Gasteiger partial charge in [0.15, 0.2) is 34.5 Å². The van der Waals surface area contributed by atoms with Gasteiger partial charge < -0.3 is 77.1 Å². The largest absolute Gasteiger partial charge is 0.497 e. The van der Waals surface area contributed by atoms with Crippen molar-refractivity contribution in [3.05, 3.63) is 291 Å². The molecule has 0 fully saturated rings. The van der Waals surface area contributed by atoms with Crippen LogP contribution in [-0.2, 0) is 91.2 Å². The highest BCUT2D eigenvalue weighted by Gasteiger charge is 2.25. The molecule has 0 radical (unpaired) electrons. The first-order valence-corrected chi connectivity index (χ1v) is 44.6. The summed E-state index contributed by atoms with van der Waals surface area (Å²) in [6.07, 6.45) is 4.13. The third-order valence-corrected chi connectivity index (χ3v) is 24.0. The average Bonchev–Trinajstić information content (AvgIpc) is 1.67. The van der Waals surface area contributed by atoms with E-state index >= 15 is 0 Å². The smallest absolute Gasteiger partial charge is 0.273 e. The maximum absolute atomic E-state index is 13.3. The number of benzene rings is 9. The SMILES string of the molecule is CCC(C)NC(=O)c1csc(CN(Cc2ccc(OCc3ccccc3)cc2)Cc2ccc3c(c2)OCO3)n1.CCc1ccc(CCN(C)C(=O)c2csc(CN(Cc3ccc4c(c3)OCO4)Cc3ccc(OC)cc3OC)n2)cc1OC.CCc1ccc(CCNC(=O)c2csc(CN(Cc3ccc4c(c3)OCO4)Cc3ccc(OC)cc3OC)n2)cc1OC. The van der Waals surface area contributed by atoms with E-state index in [2.05, 4.69) is 110 Å². The minimum atomic E-state index is -0.182. The molecular formula is C98H109N9O16S3. The summed E-state index contributed by atoms with van der Waals surface area (Å²) in [4.78, 5) is 61.5. The van der Waals surface area contributed by atoms with E-state index in [9.17, 15) is 14.4 Å². The van der Waals surface area contributed by atoms with Gasteiger partial charge in [-0.1, -0.05) is 118 Å². The molecule has 9 aromatic carbocycles. The number of nitrogens with one attached hydrogen (secondary N) is 2. The van der Waals surface area contributed by atoms with Crippen LogP contribution in [0.4, 0.5) is 0 Å². The highest BCUT2D eigenvalue weighted by atomic mass is 32.1. The molecule has 0 bridgehead atoms. The van der Waals surface area contributed by atoms with Gasteiger partial charge in [0.1, 0.15) is 79.0 Å². The molecule has 660 valence electrons. The molecule has 28 heteroatoms. The molecule has 0 saturated heterocycles. The summed E-state index contributed by atoms with van der Waals surface area (Å²) in [5.74, 6) is 9.70. The Bertz CT molecular complexity index is 5590. The Morgan fingerprint density at radius 3 is 1.25 bits per heavy atom. The highest BCUT2D eigenvalue weighted by molar-refractivity contribution is 7.10. The summed E-state index contributed by atoms with van der Waals surface area (Å²) in [5.41, 5.74) is 13.5. The van der Waals surface area contributed by atoms with E-state index in [0.717, 1.165) is 166 Å². The van der Waals surface area contributed by atoms with Crippen molar-refractivity contribution >= 4 is 51.7 Å². The van der Waals surface area contributed by atoms with E-state index < -0.39 is 0 Å². The average molecular weight is 1770 g/mol. The highest BCUT2D eigenvalue weighted by Crippen LogP contribution is 2.38. The molecule has 0 spiro atoms. The second-order valence-corrected chi connectivity index (χ2v) is 33.2. The number of hydrogen-bond acceptors (Lipinski definition) is 25. The van der Waals surface area contributed by atoms with Crippen LogP contribution in [0.3, 0.4) is 0 Å². The van der Waals surface area contributed by atoms with Crippen LogP contribution in [0, 0.1) is 0 Å². The first kappa shape index (κ1) is 91.3. The van der Waals surface area contributed by atoms with E-state index in [1.165, 1.54) is 45.1 Å². The van der Waals surface area contributed by atoms with Gasteiger partial charge >= 0.3 is 0 Å². The van der Waals surface area contributed by atoms with Crippen LogP contribution in [0.15, 0.2) is 198 Å². The molecule has 0 saturated carbocycles. The minimum Gasteiger partial charge on any atom is -0.497 e. The van der Waals surface area contributed by atoms with E-state index in [1.54, 1.807) is 47.6 Å². The number of hydrogen-bond donors (Lipinski definition) is 2. The van der Waals surface area contributed by atoms with E-state index in [4.69, 9.17) is 66.6 Å². The lowest BCUT2D eigenvalue weighted by Gasteiger charge is -2.23. The lowest BCUT2D eigenvalue weighted by Crippen LogP contribution is -2.32. The Morgan fingerprint density at radius 1 is 0.397 bits per heavy atom. The Morgan fingerprint density at radius 2 is 0.794 bits per heavy atom. The van der Waals surface area contributed by atoms with Gasteiger partial charge in [0.2, 0.25) is 20.4 Å². The molecular weight excluding hydrogens is 1660 g/mol. The standard InChI is InChI=1S/C34H39N3O6S.C33H37N3O6S.C31H33N3O4S/c1-6-25-9-7-23(15-30(25)40-4)13-14-36(2)34(38)28-21-44-33(35-28)20-37(18-24-8-12-29-32(16-24)43-22-42-29)19-26-10-11-27(39-3)17-31(26)41-5;1-5-24-8-6-22(14-29(24)39-3)12-13-34-33(37)27-20-43-32(35-27)19-36(17-23-7-11-28-31(15-23)42-21-41-28)18-25-9-10-26(38-2)16-30(25)40-4;1-3-22(2)32-31(35)27-20-39-30(33-27)18-34(17-25-11-14-28-29(15-25)38-21-37-28)16-23-9-12-26(13-10-23)36-19-24-7-5-4-6-8-24/h7-12,15-17,21H,6,13-14,18-20,22H2,1-5H3;6-11,14-16,20H,5,12-13,17-19,21H2,1-4H3,(H,34,37);4-15,20,22H,3,16-19,21H2,1-2H3,(H,32,35). The Labute approximate surface area is 749 Å². The summed E-state index contributed by atoms with van der Waals surface area (Å²) in [6.45, 7) is 16.2. The molecule has 1 unspecified atom stereocenters. The zero-order chi connectivity index (χ0) is 88.3. The molecule has 15 rings (SSSR count). The zero-order valence-electron chi connectivity index (χ0n) is 73.2. The predicted molar refractivity (Wildman–Crippen MR) is 488 cm³/mol. The number of carbonyl (C=O) groups is 3. The van der Waals surface area contributed by atoms with Crippen molar-refractivity contribution in [2.45, 2.75) is 131 Å². The summed E-state index contributed by atoms with van der Waals surface area (Å²) >= 11 is 4.48. The van der Waals surface area contributed by atoms with Gasteiger partial charge in [-0.25, -0.2) is 15.0 Å². The quantitative estimate of drug-likeness (QED) is 0.0362. The fourth-order valence-corrected chi connectivity index (χ4v) is 16.9. The van der Waals surface area contributed by atoms with Gasteiger partial charge in [0.05, 0.1) is 62.3 Å². The summed E-state index contributed by atoms with van der Waals surface area (Å²) < 4.78 is 72.3. The van der Waals surface area contributed by atoms with E-state index in [0.29, 0.717) is 102 Å². The van der Waals surface area contributed by atoms with Crippen LogP contribution in [-0.4, -0.2) is 141 Å². The summed E-state index contributed by atoms with van der Waals surface area (Å²) in [5, 5.41) is 14.1. The fourth-order valence-electron chi connectivity index (χ4n) is 14.4. The number of carbonyl (C=O) groups excluding carboxylic acids is 3. The van der Waals surface area contributed by atoms with Crippen LogP contribution >= 0.6 is 34.0 Å². The third-order valence-electron chi connectivity index (χ3n) is 21.5. The summed E-state index contributed by atoms with van der Waals surface area (Å²) in [6, 6.07) is 60.6. The molecule has 3 aliphatic heterocycles. The number of rotatable bonds is 40. The van der Waals surface area contributed by atoms with Gasteiger partial charge in [0, 0.05) is 105 Å². The maximum Gasteiger partial charge on any atom is 0.273 e. The lowest BCUT2D eigenvalue weighted by atomic mass is 10.1. The molecule has 3 amide bonds. The van der Waals surface area contributed by atoms with Crippen LogP contribution in [0.2, 0.25) is 0 Å². The molecule has 25 nitrogen and oxygen atoms in total. The number of likely N-dealkylation sites (N-methyl/N-ethyl adjacent to an activating group) is 1. The van der Waals surface area contributed by atoms with Gasteiger partial charge in [-0.3, -0.25) is 29.1 Å². The number of thiazole rings is 3. The van der Waals surface area contributed by atoms with Crippen molar-refractivity contribution in [3.63, 3.8) is 0 Å². The van der Waals surface area contributed by atoms with Crippen LogP contribution in [0.1, 0.15) is 142 Å². The van der Waals surface area contributed by atoms with Crippen molar-refractivity contribution in [1.29, 1.82) is 0 Å². The van der Waals surface area contributed by atoms with Crippen LogP contribution < -0.4 is 72.2 Å². The number of nitrogens with zero attached hydrogens (tertiary/aromatic N) is 7. The molecule has 6 heterocycles. The van der Waals surface area contributed by atoms with Crippen molar-refractivity contribution in [1.82, 2.24) is 45.2 Å². The second-order valence-electron chi connectivity index (χ2n) is 30.4. The molecule has 0 aliphatic carbocycles. The molecule has 2 N–H and O–H groups in total. The second kappa shape index (κ2) is 45.5. The maximum atomic E-state index is 13.3. The number of aromatic nitrogens is 3. The van der Waals surface area contributed by atoms with Crippen LogP contribution in [0.5, 0.6) is 74.7 Å². The first-order valence-electron chi connectivity index (χ1n) is 41.9. The third kappa shape index (κ3) is 25.4.